The number of aromatic nitrogens is 1. The van der Waals surface area contributed by atoms with Crippen molar-refractivity contribution in [1.29, 1.82) is 0 Å². The summed E-state index contributed by atoms with van der Waals surface area (Å²) in [7, 11) is 0. The molecule has 0 bridgehead atoms. The molecule has 47 valence electrons. The molecule has 0 aliphatic carbocycles. The Kier molecular flexibility index (Phi) is 1.30. The van der Waals surface area contributed by atoms with E-state index in [-0.39, 0.29) is 0 Å². The summed E-state index contributed by atoms with van der Waals surface area (Å²) >= 11 is 0. The van der Waals surface area contributed by atoms with Crippen LogP contribution < -0.4 is 5.73 Å². The van der Waals surface area contributed by atoms with Gasteiger partial charge in [0.2, 0.25) is 0 Å². The number of anilines is 1. The number of hydrogen-bond acceptors (Lipinski definition) is 2. The van der Waals surface area contributed by atoms with Crippen molar-refractivity contribution in [3.8, 4) is 0 Å². The lowest BCUT2D eigenvalue weighted by Gasteiger charge is -1.92. The van der Waals surface area contributed by atoms with Crippen LogP contribution >= 0.6 is 0 Å². The van der Waals surface area contributed by atoms with Crippen molar-refractivity contribution in [2.24, 2.45) is 0 Å². The summed E-state index contributed by atoms with van der Waals surface area (Å²) < 4.78 is 24.2. The standard InChI is InChI=1S/C5H3F2N2/c6-3-1-9-2-4(7)5(3)8/h1H,(H2,8,9). The van der Waals surface area contributed by atoms with Crippen LogP contribution in [0, 0.1) is 17.8 Å². The molecule has 1 rings (SSSR count). The Labute approximate surface area is 50.3 Å². The van der Waals surface area contributed by atoms with Crippen LogP contribution in [0.1, 0.15) is 0 Å². The van der Waals surface area contributed by atoms with Gasteiger partial charge in [0, 0.05) is 0 Å². The van der Waals surface area contributed by atoms with Crippen molar-refractivity contribution in [3.05, 3.63) is 24.0 Å². The van der Waals surface area contributed by atoms with Crippen LogP contribution in [0.2, 0.25) is 0 Å². The highest BCUT2D eigenvalue weighted by molar-refractivity contribution is 5.37. The first-order valence-electron chi connectivity index (χ1n) is 2.19. The molecule has 0 aliphatic rings. The quantitative estimate of drug-likeness (QED) is 0.561. The lowest BCUT2D eigenvalue weighted by molar-refractivity contribution is 0.579. The molecular formula is C5H3F2N2. The molecule has 2 nitrogen and oxygen atoms in total. The fourth-order valence-corrected chi connectivity index (χ4v) is 0.380. The first-order valence-corrected chi connectivity index (χ1v) is 2.19. The third-order valence-corrected chi connectivity index (χ3v) is 0.834. The van der Waals surface area contributed by atoms with Gasteiger partial charge in [-0.05, 0) is 0 Å². The van der Waals surface area contributed by atoms with Gasteiger partial charge in [0.25, 0.3) is 0 Å². The number of hydrogen-bond donors (Lipinski definition) is 1. The van der Waals surface area contributed by atoms with E-state index in [0.717, 1.165) is 6.20 Å². The molecule has 0 spiro atoms. The summed E-state index contributed by atoms with van der Waals surface area (Å²) in [6, 6.07) is 0. The molecule has 0 saturated heterocycles. The average Bonchev–Trinajstić information content (AvgIpc) is 1.83. The molecule has 4 heteroatoms. The van der Waals surface area contributed by atoms with Crippen molar-refractivity contribution in [3.63, 3.8) is 0 Å². The minimum absolute atomic E-state index is 0.537. The van der Waals surface area contributed by atoms with Crippen molar-refractivity contribution >= 4 is 5.69 Å². The smallest absolute Gasteiger partial charge is 0.177 e. The third-order valence-electron chi connectivity index (χ3n) is 0.834. The van der Waals surface area contributed by atoms with E-state index in [1.807, 2.05) is 6.20 Å². The molecule has 0 aliphatic heterocycles. The highest BCUT2D eigenvalue weighted by Crippen LogP contribution is 2.09. The van der Waals surface area contributed by atoms with Gasteiger partial charge >= 0.3 is 0 Å². The third kappa shape index (κ3) is 0.960. The summed E-state index contributed by atoms with van der Waals surface area (Å²) in [6.45, 7) is 0. The molecular weight excluding hydrogens is 126 g/mol. The summed E-state index contributed by atoms with van der Waals surface area (Å²) in [5.74, 6) is -1.80. The lowest BCUT2D eigenvalue weighted by atomic mass is 10.4. The summed E-state index contributed by atoms with van der Waals surface area (Å²) in [4.78, 5) is 3.09. The minimum Gasteiger partial charge on any atom is -0.394 e. The fourth-order valence-electron chi connectivity index (χ4n) is 0.380. The second kappa shape index (κ2) is 1.97. The number of nitrogen functional groups attached to an aromatic ring is 1. The molecule has 9 heavy (non-hydrogen) atoms. The summed E-state index contributed by atoms with van der Waals surface area (Å²) in [5.41, 5.74) is 4.32. The molecule has 1 aromatic heterocycles. The Hall–Kier alpha value is -1.19. The van der Waals surface area contributed by atoms with E-state index in [4.69, 9.17) is 5.73 Å². The van der Waals surface area contributed by atoms with Gasteiger partial charge in [0.05, 0.1) is 6.20 Å². The second-order valence-corrected chi connectivity index (χ2v) is 1.45. The molecule has 1 heterocycles. The van der Waals surface area contributed by atoms with Crippen LogP contribution in [-0.4, -0.2) is 4.98 Å². The number of nitrogens with zero attached hydrogens (tertiary/aromatic N) is 1. The zero-order valence-corrected chi connectivity index (χ0v) is 4.36. The van der Waals surface area contributed by atoms with Crippen molar-refractivity contribution in [2.45, 2.75) is 0 Å². The molecule has 0 amide bonds. The Bertz CT molecular complexity index is 204. The monoisotopic (exact) mass is 129 g/mol. The van der Waals surface area contributed by atoms with Gasteiger partial charge in [0.1, 0.15) is 11.9 Å². The van der Waals surface area contributed by atoms with E-state index in [1.54, 1.807) is 0 Å². The van der Waals surface area contributed by atoms with E-state index in [0.29, 0.717) is 0 Å². The summed E-state index contributed by atoms with van der Waals surface area (Å²) in [5, 5.41) is 0. The highest BCUT2D eigenvalue weighted by Gasteiger charge is 2.02. The van der Waals surface area contributed by atoms with Crippen molar-refractivity contribution < 1.29 is 8.78 Å². The predicted molar refractivity (Wildman–Crippen MR) is 27.4 cm³/mol. The van der Waals surface area contributed by atoms with Crippen LogP contribution in [0.15, 0.2) is 6.20 Å². The van der Waals surface area contributed by atoms with Crippen LogP contribution in [0.4, 0.5) is 14.5 Å². The molecule has 0 unspecified atom stereocenters. The van der Waals surface area contributed by atoms with Gasteiger partial charge in [-0.15, -0.1) is 0 Å². The SMILES string of the molecule is Nc1c(F)[c]ncc1F. The van der Waals surface area contributed by atoms with E-state index in [2.05, 4.69) is 4.98 Å². The molecule has 0 fully saturated rings. The molecule has 2 N–H and O–H groups in total. The molecule has 0 saturated carbocycles. The second-order valence-electron chi connectivity index (χ2n) is 1.45. The Morgan fingerprint density at radius 1 is 1.56 bits per heavy atom. The maximum atomic E-state index is 12.1. The summed E-state index contributed by atoms with van der Waals surface area (Å²) in [6.07, 6.45) is 2.66. The van der Waals surface area contributed by atoms with Crippen LogP contribution in [0.3, 0.4) is 0 Å². The topological polar surface area (TPSA) is 38.9 Å². The average molecular weight is 129 g/mol. The zero-order valence-electron chi connectivity index (χ0n) is 4.36. The van der Waals surface area contributed by atoms with E-state index in [1.165, 1.54) is 0 Å². The predicted octanol–water partition coefficient (Wildman–Crippen LogP) is 0.742. The van der Waals surface area contributed by atoms with Gasteiger partial charge in [-0.3, -0.25) is 0 Å². The lowest BCUT2D eigenvalue weighted by Crippen LogP contribution is -1.95. The maximum absolute atomic E-state index is 12.1. The number of rotatable bonds is 0. The van der Waals surface area contributed by atoms with Crippen molar-refractivity contribution in [1.82, 2.24) is 4.98 Å². The van der Waals surface area contributed by atoms with E-state index < -0.39 is 17.3 Å². The van der Waals surface area contributed by atoms with Gasteiger partial charge in [0.15, 0.2) is 11.6 Å². The maximum Gasteiger partial charge on any atom is 0.177 e. The number of halogens is 2. The van der Waals surface area contributed by atoms with Gasteiger partial charge < -0.3 is 5.73 Å². The van der Waals surface area contributed by atoms with Gasteiger partial charge in [-0.1, -0.05) is 0 Å². The van der Waals surface area contributed by atoms with E-state index >= 15 is 0 Å². The Morgan fingerprint density at radius 2 is 2.22 bits per heavy atom. The number of nitrogens with two attached hydrogens (primary N) is 1. The first kappa shape index (κ1) is 5.94. The molecule has 1 radical (unpaired) electrons. The van der Waals surface area contributed by atoms with Crippen LogP contribution in [0.5, 0.6) is 0 Å². The van der Waals surface area contributed by atoms with Crippen LogP contribution in [-0.2, 0) is 0 Å². The Morgan fingerprint density at radius 3 is 2.67 bits per heavy atom. The largest absolute Gasteiger partial charge is 0.394 e. The molecule has 1 aromatic rings. The normalized spacial score (nSPS) is 9.56. The van der Waals surface area contributed by atoms with E-state index in [9.17, 15) is 8.78 Å². The van der Waals surface area contributed by atoms with Crippen LogP contribution in [0.25, 0.3) is 0 Å². The highest BCUT2D eigenvalue weighted by atomic mass is 19.1. The zero-order chi connectivity index (χ0) is 6.85. The van der Waals surface area contributed by atoms with Gasteiger partial charge in [-0.2, -0.15) is 0 Å². The Balaban J connectivity index is 3.25. The first-order chi connectivity index (χ1) is 4.22. The molecule has 0 atom stereocenters. The minimum atomic E-state index is -0.949. The number of pyridine rings is 1. The molecule has 0 aromatic carbocycles. The van der Waals surface area contributed by atoms with Gasteiger partial charge in [-0.25, -0.2) is 13.8 Å². The fraction of sp³-hybridized carbons (Fsp3) is 0. The van der Waals surface area contributed by atoms with Crippen molar-refractivity contribution in [2.75, 3.05) is 5.73 Å².